The van der Waals surface area contributed by atoms with Gasteiger partial charge in [-0.25, -0.2) is 0 Å². The van der Waals surface area contributed by atoms with Crippen LogP contribution in [0.5, 0.6) is 5.75 Å². The highest BCUT2D eigenvalue weighted by atomic mass is 16.5. The number of hydrogen-bond acceptors (Lipinski definition) is 2. The SMILES string of the molecule is CC(C)Oc1ccc2c(c1)[C@]13CCCC[C@H]1[C@H](C2)N(C)CC3. The van der Waals surface area contributed by atoms with Gasteiger partial charge in [0.05, 0.1) is 6.10 Å². The van der Waals surface area contributed by atoms with Crippen LogP contribution < -0.4 is 4.74 Å². The molecule has 2 aliphatic carbocycles. The monoisotopic (exact) mass is 299 g/mol. The van der Waals surface area contributed by atoms with E-state index < -0.39 is 0 Å². The number of likely N-dealkylation sites (N-methyl/N-ethyl adjacent to an activating group) is 1. The van der Waals surface area contributed by atoms with E-state index in [-0.39, 0.29) is 6.10 Å². The molecular weight excluding hydrogens is 270 g/mol. The molecule has 1 heterocycles. The molecule has 2 nitrogen and oxygen atoms in total. The van der Waals surface area contributed by atoms with Crippen LogP contribution in [0.4, 0.5) is 0 Å². The number of hydrogen-bond donors (Lipinski definition) is 0. The van der Waals surface area contributed by atoms with Gasteiger partial charge < -0.3 is 9.64 Å². The summed E-state index contributed by atoms with van der Waals surface area (Å²) in [6, 6.07) is 7.70. The van der Waals surface area contributed by atoms with Crippen molar-refractivity contribution >= 4 is 0 Å². The van der Waals surface area contributed by atoms with E-state index in [9.17, 15) is 0 Å². The molecular formula is C20H29NO. The first-order chi connectivity index (χ1) is 10.6. The lowest BCUT2D eigenvalue weighted by Crippen LogP contribution is -2.59. The van der Waals surface area contributed by atoms with Crippen molar-refractivity contribution in [2.75, 3.05) is 13.6 Å². The maximum Gasteiger partial charge on any atom is 0.119 e. The van der Waals surface area contributed by atoms with Crippen molar-refractivity contribution in [2.45, 2.75) is 69.9 Å². The average Bonchev–Trinajstić information content (AvgIpc) is 2.51. The maximum atomic E-state index is 6.01. The molecule has 22 heavy (non-hydrogen) atoms. The highest BCUT2D eigenvalue weighted by molar-refractivity contribution is 5.45. The molecule has 120 valence electrons. The number of fused-ring (bicyclic) bond motifs is 1. The van der Waals surface area contributed by atoms with Gasteiger partial charge >= 0.3 is 0 Å². The quantitative estimate of drug-likeness (QED) is 0.813. The number of piperidine rings is 1. The molecule has 1 saturated heterocycles. The Morgan fingerprint density at radius 3 is 2.91 bits per heavy atom. The van der Waals surface area contributed by atoms with Crippen LogP contribution in [0.25, 0.3) is 0 Å². The predicted octanol–water partition coefficient (Wildman–Crippen LogP) is 4.16. The maximum absolute atomic E-state index is 6.01. The molecule has 0 unspecified atom stereocenters. The first kappa shape index (κ1) is 14.6. The van der Waals surface area contributed by atoms with Crippen molar-refractivity contribution < 1.29 is 4.74 Å². The molecule has 0 N–H and O–H groups in total. The van der Waals surface area contributed by atoms with Crippen molar-refractivity contribution in [1.82, 2.24) is 4.90 Å². The van der Waals surface area contributed by atoms with Gasteiger partial charge in [-0.3, -0.25) is 0 Å². The Labute approximate surface area is 134 Å². The van der Waals surface area contributed by atoms with Crippen LogP contribution in [0.1, 0.15) is 57.1 Å². The third-order valence-electron chi connectivity index (χ3n) is 6.46. The summed E-state index contributed by atoms with van der Waals surface area (Å²) in [6.45, 7) is 5.50. The molecule has 3 aliphatic rings. The van der Waals surface area contributed by atoms with E-state index in [1.807, 2.05) is 0 Å². The van der Waals surface area contributed by atoms with Gasteiger partial charge in [0.2, 0.25) is 0 Å². The van der Waals surface area contributed by atoms with Gasteiger partial charge in [-0.1, -0.05) is 18.9 Å². The second kappa shape index (κ2) is 5.26. The first-order valence-electron chi connectivity index (χ1n) is 9.10. The Hall–Kier alpha value is -1.02. The Balaban J connectivity index is 1.80. The fraction of sp³-hybridized carbons (Fsp3) is 0.700. The Morgan fingerprint density at radius 2 is 2.09 bits per heavy atom. The summed E-state index contributed by atoms with van der Waals surface area (Å²) >= 11 is 0. The van der Waals surface area contributed by atoms with Gasteiger partial charge in [-0.05, 0) is 82.3 Å². The third-order valence-corrected chi connectivity index (χ3v) is 6.46. The molecule has 1 saturated carbocycles. The Morgan fingerprint density at radius 1 is 1.23 bits per heavy atom. The Bertz CT molecular complexity index is 567. The molecule has 1 aliphatic heterocycles. The molecule has 1 aromatic carbocycles. The van der Waals surface area contributed by atoms with Gasteiger partial charge in [0, 0.05) is 11.5 Å². The summed E-state index contributed by atoms with van der Waals surface area (Å²) in [7, 11) is 2.34. The normalized spacial score (nSPS) is 34.2. The Kier molecular flexibility index (Phi) is 3.48. The molecule has 0 amide bonds. The number of likely N-dealkylation sites (tertiary alicyclic amines) is 1. The highest BCUT2D eigenvalue weighted by Gasteiger charge is 2.53. The minimum absolute atomic E-state index is 0.256. The molecule has 3 atom stereocenters. The molecule has 4 rings (SSSR count). The van der Waals surface area contributed by atoms with E-state index in [1.54, 1.807) is 11.1 Å². The van der Waals surface area contributed by atoms with E-state index in [4.69, 9.17) is 4.74 Å². The minimum Gasteiger partial charge on any atom is -0.491 e. The standard InChI is InChI=1S/C20H29NO/c1-14(2)22-16-8-7-15-12-19-17-6-4-5-9-20(17,18(15)13-16)10-11-21(19)3/h7-8,13-14,17,19H,4-6,9-12H2,1-3H3/t17-,19-,20-/m0/s1. The summed E-state index contributed by atoms with van der Waals surface area (Å²) in [4.78, 5) is 2.63. The lowest BCUT2D eigenvalue weighted by molar-refractivity contribution is 0.00266. The largest absolute Gasteiger partial charge is 0.491 e. The van der Waals surface area contributed by atoms with Crippen LogP contribution in [0.2, 0.25) is 0 Å². The molecule has 0 spiro atoms. The van der Waals surface area contributed by atoms with Crippen molar-refractivity contribution in [3.8, 4) is 5.75 Å². The lowest BCUT2D eigenvalue weighted by atomic mass is 9.52. The fourth-order valence-corrected chi connectivity index (χ4v) is 5.52. The second-order valence-corrected chi connectivity index (χ2v) is 8.00. The van der Waals surface area contributed by atoms with Gasteiger partial charge in [0.25, 0.3) is 0 Å². The summed E-state index contributed by atoms with van der Waals surface area (Å²) in [5.41, 5.74) is 3.67. The summed E-state index contributed by atoms with van der Waals surface area (Å²) < 4.78 is 6.01. The van der Waals surface area contributed by atoms with E-state index in [1.165, 1.54) is 45.1 Å². The van der Waals surface area contributed by atoms with Crippen molar-refractivity contribution in [1.29, 1.82) is 0 Å². The minimum atomic E-state index is 0.256. The van der Waals surface area contributed by atoms with Gasteiger partial charge in [-0.15, -0.1) is 0 Å². The molecule has 0 radical (unpaired) electrons. The van der Waals surface area contributed by atoms with Crippen LogP contribution in [0.15, 0.2) is 18.2 Å². The van der Waals surface area contributed by atoms with Gasteiger partial charge in [0.1, 0.15) is 5.75 Å². The zero-order chi connectivity index (χ0) is 15.3. The zero-order valence-corrected chi connectivity index (χ0v) is 14.3. The molecule has 0 aromatic heterocycles. The van der Waals surface area contributed by atoms with E-state index >= 15 is 0 Å². The summed E-state index contributed by atoms with van der Waals surface area (Å²) in [6.07, 6.45) is 8.47. The van der Waals surface area contributed by atoms with Crippen molar-refractivity contribution in [3.63, 3.8) is 0 Å². The van der Waals surface area contributed by atoms with E-state index in [2.05, 4.69) is 44.0 Å². The summed E-state index contributed by atoms with van der Waals surface area (Å²) in [5, 5.41) is 0. The number of rotatable bonds is 2. The fourth-order valence-electron chi connectivity index (χ4n) is 5.52. The number of benzene rings is 1. The topological polar surface area (TPSA) is 12.5 Å². The number of ether oxygens (including phenoxy) is 1. The molecule has 1 aromatic rings. The third kappa shape index (κ3) is 2.11. The smallest absolute Gasteiger partial charge is 0.119 e. The second-order valence-electron chi connectivity index (χ2n) is 8.00. The summed E-state index contributed by atoms with van der Waals surface area (Å²) in [5.74, 6) is 1.94. The highest BCUT2D eigenvalue weighted by Crippen LogP contribution is 2.55. The average molecular weight is 299 g/mol. The molecule has 2 heteroatoms. The van der Waals surface area contributed by atoms with Crippen molar-refractivity contribution in [3.05, 3.63) is 29.3 Å². The van der Waals surface area contributed by atoms with Crippen LogP contribution in [-0.2, 0) is 11.8 Å². The van der Waals surface area contributed by atoms with Crippen LogP contribution in [-0.4, -0.2) is 30.6 Å². The lowest BCUT2D eigenvalue weighted by Gasteiger charge is -2.58. The van der Waals surface area contributed by atoms with Gasteiger partial charge in [-0.2, -0.15) is 0 Å². The van der Waals surface area contributed by atoms with Crippen LogP contribution in [0, 0.1) is 5.92 Å². The van der Waals surface area contributed by atoms with E-state index in [0.717, 1.165) is 17.7 Å². The van der Waals surface area contributed by atoms with Crippen LogP contribution >= 0.6 is 0 Å². The van der Waals surface area contributed by atoms with Crippen LogP contribution in [0.3, 0.4) is 0 Å². The number of nitrogens with zero attached hydrogens (tertiary/aromatic N) is 1. The zero-order valence-electron chi connectivity index (χ0n) is 14.3. The molecule has 2 bridgehead atoms. The first-order valence-corrected chi connectivity index (χ1v) is 9.10. The van der Waals surface area contributed by atoms with E-state index in [0.29, 0.717) is 5.41 Å². The van der Waals surface area contributed by atoms with Gasteiger partial charge in [0.15, 0.2) is 0 Å². The molecule has 2 fully saturated rings. The predicted molar refractivity (Wildman–Crippen MR) is 90.6 cm³/mol. The van der Waals surface area contributed by atoms with Crippen molar-refractivity contribution in [2.24, 2.45) is 5.92 Å².